The fourth-order valence-electron chi connectivity index (χ4n) is 17.5. The molecule has 0 aromatic rings. The molecule has 10 aliphatic rings. The lowest BCUT2D eigenvalue weighted by Gasteiger charge is -2.71. The Bertz CT molecular complexity index is 2370. The molecule has 5 aliphatic heterocycles. The van der Waals surface area contributed by atoms with Crippen molar-refractivity contribution in [3.8, 4) is 0 Å². The minimum atomic E-state index is -1.90. The molecule has 26 heteroatoms. The molecule has 488 valence electrons. The zero-order chi connectivity index (χ0) is 62.0. The molecule has 26 nitrogen and oxygen atoms in total. The Morgan fingerprint density at radius 2 is 1.14 bits per heavy atom. The highest BCUT2D eigenvalue weighted by atomic mass is 16.8. The van der Waals surface area contributed by atoms with Crippen molar-refractivity contribution in [2.75, 3.05) is 26.4 Å². The van der Waals surface area contributed by atoms with E-state index in [9.17, 15) is 76.6 Å². The predicted octanol–water partition coefficient (Wildman–Crippen LogP) is -2.54. The topological polar surface area (TPSA) is 413 Å². The predicted molar refractivity (Wildman–Crippen MR) is 288 cm³/mol. The van der Waals surface area contributed by atoms with E-state index in [1.807, 2.05) is 6.92 Å². The van der Waals surface area contributed by atoms with Gasteiger partial charge in [0.05, 0.1) is 50.2 Å². The summed E-state index contributed by atoms with van der Waals surface area (Å²) in [5.74, 6) is -0.861. The van der Waals surface area contributed by atoms with Crippen LogP contribution in [0.5, 0.6) is 0 Å². The van der Waals surface area contributed by atoms with Gasteiger partial charge in [0.25, 0.3) is 0 Å². The molecular weight excluding hydrogens is 1120 g/mol. The Labute approximate surface area is 494 Å². The molecule has 4 saturated carbocycles. The van der Waals surface area contributed by atoms with E-state index in [1.165, 1.54) is 19.4 Å². The van der Waals surface area contributed by atoms with Gasteiger partial charge in [-0.3, -0.25) is 4.79 Å². The number of hydrogen-bond donors (Lipinski definition) is 15. The average molecular weight is 1220 g/mol. The van der Waals surface area contributed by atoms with Crippen LogP contribution in [0.1, 0.15) is 120 Å². The van der Waals surface area contributed by atoms with Crippen LogP contribution < -0.4 is 0 Å². The molecule has 5 heterocycles. The first-order chi connectivity index (χ1) is 39.8. The van der Waals surface area contributed by atoms with Crippen LogP contribution in [-0.4, -0.2) is 263 Å². The van der Waals surface area contributed by atoms with E-state index >= 15 is 4.79 Å². The Morgan fingerprint density at radius 1 is 0.565 bits per heavy atom. The van der Waals surface area contributed by atoms with Crippen molar-refractivity contribution in [3.05, 3.63) is 11.6 Å². The number of carbonyl (C=O) groups excluding carboxylic acids is 1. The first-order valence-corrected chi connectivity index (χ1v) is 30.6. The number of aliphatic hydroxyl groups excluding tert-OH is 15. The van der Waals surface area contributed by atoms with Gasteiger partial charge in [0.15, 0.2) is 25.2 Å². The van der Waals surface area contributed by atoms with Gasteiger partial charge in [-0.05, 0) is 117 Å². The highest BCUT2D eigenvalue weighted by Crippen LogP contribution is 2.76. The monoisotopic (exact) mass is 1220 g/mol. The third-order valence-electron chi connectivity index (χ3n) is 23.2. The van der Waals surface area contributed by atoms with E-state index in [0.717, 1.165) is 12.8 Å². The molecule has 0 radical (unpaired) electrons. The number of fused-ring (bicyclic) bond motifs is 7. The molecular formula is C59H96O26. The Morgan fingerprint density at radius 3 is 1.76 bits per heavy atom. The third-order valence-corrected chi connectivity index (χ3v) is 23.2. The fraction of sp³-hybridized carbons (Fsp3) is 0.949. The number of allylic oxidation sites excluding steroid dienone is 2. The lowest BCUT2D eigenvalue weighted by Crippen LogP contribution is -2.67. The number of aliphatic hydroxyl groups is 15. The fourth-order valence-corrected chi connectivity index (χ4v) is 17.5. The normalized spacial score (nSPS) is 55.3. The van der Waals surface area contributed by atoms with Crippen molar-refractivity contribution >= 4 is 5.97 Å². The molecule has 0 amide bonds. The molecule has 0 spiro atoms. The second-order valence-corrected chi connectivity index (χ2v) is 28.5. The first kappa shape index (κ1) is 66.2. The number of hydrogen-bond acceptors (Lipinski definition) is 26. The van der Waals surface area contributed by atoms with Crippen LogP contribution >= 0.6 is 0 Å². The van der Waals surface area contributed by atoms with E-state index in [2.05, 4.69) is 40.7 Å². The molecule has 9 fully saturated rings. The highest BCUT2D eigenvalue weighted by Gasteiger charge is 2.71. The lowest BCUT2D eigenvalue weighted by molar-refractivity contribution is -0.365. The third kappa shape index (κ3) is 11.1. The average Bonchev–Trinajstić information content (AvgIpc) is 0.692. The molecule has 85 heavy (non-hydrogen) atoms. The largest absolute Gasteiger partial charge is 0.432 e. The second-order valence-electron chi connectivity index (χ2n) is 28.5. The Kier molecular flexibility index (Phi) is 19.0. The SMILES string of the molecule is C[C@@H]1O[C@@H](O[C@H]2[C@H](O[C@H]3CC[C@@]4(C)[C@@H](CC[C@@]5(C)[C@@H]4CC=C4[C@@H]6CC(C)(C)CC[C@]6(C(=O)O[C@@H]6O[C@H](CO[C@@H]7O[C@H](CO)[C@@H](O[C@@H]8O[C@@H](C)[C@H](O)[C@@H](O)[C@H]8O)[C@H](O)[C@H]7O)[C@@H](O)[C@H](O)[C@H]6O)CC[C@@]45C)[C@]3(C)CO)OC[C@H](O)[C@@H]2O)[C@H](O)[C@H](O)[C@H]1O. The quantitative estimate of drug-likeness (QED) is 0.0513. The van der Waals surface area contributed by atoms with Crippen LogP contribution in [0.4, 0.5) is 0 Å². The number of esters is 1. The maximum absolute atomic E-state index is 15.2. The van der Waals surface area contributed by atoms with E-state index in [-0.39, 0.29) is 47.2 Å². The summed E-state index contributed by atoms with van der Waals surface area (Å²) in [6, 6.07) is 0. The molecule has 0 aromatic heterocycles. The lowest BCUT2D eigenvalue weighted by atomic mass is 9.33. The zero-order valence-corrected chi connectivity index (χ0v) is 49.8. The number of ether oxygens (including phenoxy) is 10. The van der Waals surface area contributed by atoms with Crippen LogP contribution in [0.3, 0.4) is 0 Å². The van der Waals surface area contributed by atoms with Gasteiger partial charge in [-0.15, -0.1) is 0 Å². The zero-order valence-electron chi connectivity index (χ0n) is 49.8. The summed E-state index contributed by atoms with van der Waals surface area (Å²) in [5.41, 5.74) is -1.93. The van der Waals surface area contributed by atoms with Crippen LogP contribution in [0.15, 0.2) is 11.6 Å². The molecule has 0 unspecified atom stereocenters. The van der Waals surface area contributed by atoms with Gasteiger partial charge in [0.1, 0.15) is 104 Å². The van der Waals surface area contributed by atoms with Gasteiger partial charge in [-0.2, -0.15) is 0 Å². The molecule has 0 aromatic carbocycles. The molecule has 5 aliphatic carbocycles. The van der Waals surface area contributed by atoms with E-state index in [0.29, 0.717) is 51.4 Å². The van der Waals surface area contributed by atoms with Gasteiger partial charge >= 0.3 is 5.97 Å². The van der Waals surface area contributed by atoms with Crippen LogP contribution in [0, 0.1) is 50.2 Å². The standard InChI is InChI=1S/C59H96O26/c1-24-34(63)38(67)42(71)49(78-24)83-46-29(20-60)80-48(45(74)41(46)70)77-22-30-37(66)40(69)44(73)51(81-30)85-53(75)59-17-15-54(3,4)19-27(59)26-9-10-32-55(5)13-12-33(56(6,23-61)31(55)11-14-58(32,8)57(26,7)16-18-59)82-52-47(36(65)28(62)21-76-52)84-50-43(72)39(68)35(64)25(2)79-50/h9,24-25,27-52,60-74H,10-23H2,1-8H3/t24-,25-,27-,28-,29+,30+,31+,32+,33-,34-,35-,36-,37+,38+,39+,40-,41+,42+,43+,44+,45+,46+,47+,48+,49-,50-,51-,52-,55-,56-,57-,58-,59-/m0/s1. The van der Waals surface area contributed by atoms with Crippen LogP contribution in [0.25, 0.3) is 0 Å². The summed E-state index contributed by atoms with van der Waals surface area (Å²) >= 11 is 0. The van der Waals surface area contributed by atoms with E-state index in [1.54, 1.807) is 0 Å². The van der Waals surface area contributed by atoms with Crippen molar-refractivity contribution in [3.63, 3.8) is 0 Å². The smallest absolute Gasteiger partial charge is 0.315 e. The van der Waals surface area contributed by atoms with Crippen molar-refractivity contribution in [1.82, 2.24) is 0 Å². The Balaban J connectivity index is 0.833. The van der Waals surface area contributed by atoms with Crippen LogP contribution in [0.2, 0.25) is 0 Å². The molecule has 0 bridgehead atoms. The molecule has 5 saturated heterocycles. The molecule has 33 atom stereocenters. The summed E-state index contributed by atoms with van der Waals surface area (Å²) in [7, 11) is 0. The van der Waals surface area contributed by atoms with Crippen LogP contribution in [-0.2, 0) is 52.2 Å². The first-order valence-electron chi connectivity index (χ1n) is 30.6. The summed E-state index contributed by atoms with van der Waals surface area (Å²) < 4.78 is 59.4. The van der Waals surface area contributed by atoms with Gasteiger partial charge < -0.3 is 124 Å². The molecule has 10 rings (SSSR count). The number of rotatable bonds is 13. The van der Waals surface area contributed by atoms with Crippen molar-refractivity contribution in [1.29, 1.82) is 0 Å². The van der Waals surface area contributed by atoms with E-state index < -0.39 is 189 Å². The van der Waals surface area contributed by atoms with Gasteiger partial charge in [0.2, 0.25) is 6.29 Å². The van der Waals surface area contributed by atoms with Gasteiger partial charge in [0, 0.05) is 5.41 Å². The summed E-state index contributed by atoms with van der Waals surface area (Å²) in [5, 5.41) is 163. The minimum absolute atomic E-state index is 0.0670. The van der Waals surface area contributed by atoms with E-state index in [4.69, 9.17) is 47.4 Å². The maximum Gasteiger partial charge on any atom is 0.315 e. The summed E-state index contributed by atoms with van der Waals surface area (Å²) in [6.07, 6.45) is -29.6. The highest BCUT2D eigenvalue weighted by molar-refractivity contribution is 5.79. The number of carbonyl (C=O) groups is 1. The maximum atomic E-state index is 15.2. The van der Waals surface area contributed by atoms with Crippen molar-refractivity contribution < 1.29 is 129 Å². The van der Waals surface area contributed by atoms with Gasteiger partial charge in [-0.1, -0.05) is 53.2 Å². The van der Waals surface area contributed by atoms with Gasteiger partial charge in [-0.25, -0.2) is 0 Å². The Hall–Kier alpha value is -1.75. The minimum Gasteiger partial charge on any atom is -0.432 e. The van der Waals surface area contributed by atoms with Crippen molar-refractivity contribution in [2.24, 2.45) is 50.2 Å². The van der Waals surface area contributed by atoms with Crippen molar-refractivity contribution in [2.45, 2.75) is 273 Å². The summed E-state index contributed by atoms with van der Waals surface area (Å²) in [4.78, 5) is 15.2. The molecule has 15 N–H and O–H groups in total. The summed E-state index contributed by atoms with van der Waals surface area (Å²) in [6.45, 7) is 14.3. The second kappa shape index (κ2) is 24.4.